The number of hydrogen-bond donors (Lipinski definition) is 2. The molecule has 2 fully saturated rings. The first kappa shape index (κ1) is 13.1. The van der Waals surface area contributed by atoms with E-state index in [1.54, 1.807) is 18.3 Å². The van der Waals surface area contributed by atoms with E-state index in [9.17, 15) is 8.42 Å². The van der Waals surface area contributed by atoms with Crippen LogP contribution >= 0.6 is 0 Å². The lowest BCUT2D eigenvalue weighted by atomic mass is 10.1. The minimum Gasteiger partial charge on any atom is -0.381 e. The summed E-state index contributed by atoms with van der Waals surface area (Å²) in [6, 6.07) is 5.38. The Morgan fingerprint density at radius 3 is 2.52 bits per heavy atom. The van der Waals surface area contributed by atoms with Crippen LogP contribution in [0.15, 0.2) is 29.4 Å². The summed E-state index contributed by atoms with van der Waals surface area (Å²) in [5.41, 5.74) is 6.39. The van der Waals surface area contributed by atoms with Crippen molar-refractivity contribution in [2.45, 2.75) is 36.8 Å². The van der Waals surface area contributed by atoms with E-state index in [2.05, 4.69) is 9.71 Å². The molecule has 6 nitrogen and oxygen atoms in total. The predicted octanol–water partition coefficient (Wildman–Crippen LogP) is 1.38. The molecule has 112 valence electrons. The molecule has 2 aliphatic rings. The lowest BCUT2D eigenvalue weighted by Crippen LogP contribution is -2.38. The van der Waals surface area contributed by atoms with Crippen LogP contribution in [0.5, 0.6) is 0 Å². The molecule has 21 heavy (non-hydrogen) atoms. The van der Waals surface area contributed by atoms with E-state index in [0.29, 0.717) is 17.5 Å². The molecule has 0 spiro atoms. The zero-order valence-corrected chi connectivity index (χ0v) is 12.4. The molecule has 0 saturated heterocycles. The zero-order valence-electron chi connectivity index (χ0n) is 11.6. The van der Waals surface area contributed by atoms with E-state index in [1.807, 2.05) is 6.07 Å². The fraction of sp³-hybridized carbons (Fsp3) is 0.500. The Hall–Kier alpha value is -1.60. The minimum atomic E-state index is -3.66. The molecule has 7 heteroatoms. The van der Waals surface area contributed by atoms with Crippen molar-refractivity contribution in [2.75, 3.05) is 5.73 Å². The molecule has 2 heterocycles. The van der Waals surface area contributed by atoms with Gasteiger partial charge in [-0.1, -0.05) is 6.07 Å². The van der Waals surface area contributed by atoms with E-state index in [0.717, 1.165) is 25.7 Å². The fourth-order valence-corrected chi connectivity index (χ4v) is 4.57. The quantitative estimate of drug-likeness (QED) is 0.873. The number of nitrogen functional groups attached to an aromatic ring is 1. The van der Waals surface area contributed by atoms with Crippen molar-refractivity contribution < 1.29 is 8.42 Å². The highest BCUT2D eigenvalue weighted by molar-refractivity contribution is 7.89. The van der Waals surface area contributed by atoms with Crippen LogP contribution in [0.4, 0.5) is 5.82 Å². The lowest BCUT2D eigenvalue weighted by Gasteiger charge is -2.17. The van der Waals surface area contributed by atoms with Gasteiger partial charge in [-0.15, -0.1) is 0 Å². The number of aromatic nitrogens is 2. The Balaban J connectivity index is 1.73. The van der Waals surface area contributed by atoms with Crippen molar-refractivity contribution >= 4 is 21.5 Å². The van der Waals surface area contributed by atoms with Gasteiger partial charge in [0.05, 0.1) is 0 Å². The lowest BCUT2D eigenvalue weighted by molar-refractivity contribution is 0.470. The average Bonchev–Trinajstić information content (AvgIpc) is 3.32. The zero-order chi connectivity index (χ0) is 14.6. The van der Waals surface area contributed by atoms with Crippen LogP contribution in [-0.2, 0) is 10.0 Å². The van der Waals surface area contributed by atoms with Crippen molar-refractivity contribution in [3.8, 4) is 0 Å². The molecule has 0 aromatic carbocycles. The van der Waals surface area contributed by atoms with Gasteiger partial charge in [-0.2, -0.15) is 0 Å². The van der Waals surface area contributed by atoms with Crippen molar-refractivity contribution in [1.82, 2.24) is 14.1 Å². The molecular weight excluding hydrogens is 288 g/mol. The van der Waals surface area contributed by atoms with Gasteiger partial charge >= 0.3 is 0 Å². The van der Waals surface area contributed by atoms with Gasteiger partial charge in [0.1, 0.15) is 5.65 Å². The normalized spacial score (nSPS) is 19.5. The molecule has 0 atom stereocenters. The molecular formula is C14H18N4O2S. The molecule has 2 saturated carbocycles. The molecule has 0 unspecified atom stereocenters. The van der Waals surface area contributed by atoms with Crippen LogP contribution in [0.25, 0.3) is 5.65 Å². The fourth-order valence-electron chi connectivity index (χ4n) is 2.98. The van der Waals surface area contributed by atoms with Gasteiger partial charge in [0.2, 0.25) is 0 Å². The summed E-state index contributed by atoms with van der Waals surface area (Å²) in [6.07, 6.45) is 6.15. The first-order valence-corrected chi connectivity index (χ1v) is 8.79. The number of pyridine rings is 1. The van der Waals surface area contributed by atoms with Crippen LogP contribution in [0.1, 0.15) is 25.7 Å². The maximum atomic E-state index is 12.8. The number of rotatable bonds is 5. The van der Waals surface area contributed by atoms with Crippen LogP contribution in [-0.4, -0.2) is 23.8 Å². The third kappa shape index (κ3) is 2.30. The highest BCUT2D eigenvalue weighted by Crippen LogP contribution is 2.45. The summed E-state index contributed by atoms with van der Waals surface area (Å²) in [5, 5.41) is 0.0596. The number of sulfonamides is 1. The summed E-state index contributed by atoms with van der Waals surface area (Å²) in [5.74, 6) is 1.04. The van der Waals surface area contributed by atoms with Gasteiger partial charge in [0.25, 0.3) is 10.0 Å². The highest BCUT2D eigenvalue weighted by Gasteiger charge is 2.44. The molecule has 2 aromatic rings. The van der Waals surface area contributed by atoms with Gasteiger partial charge < -0.3 is 5.73 Å². The Kier molecular flexibility index (Phi) is 2.77. The van der Waals surface area contributed by atoms with Crippen molar-refractivity contribution in [1.29, 1.82) is 0 Å². The van der Waals surface area contributed by atoms with Gasteiger partial charge in [0.15, 0.2) is 10.8 Å². The molecule has 4 rings (SSSR count). The van der Waals surface area contributed by atoms with Crippen molar-refractivity contribution in [2.24, 2.45) is 11.8 Å². The van der Waals surface area contributed by atoms with Crippen molar-refractivity contribution in [3.05, 3.63) is 24.4 Å². The highest BCUT2D eigenvalue weighted by atomic mass is 32.2. The van der Waals surface area contributed by atoms with Gasteiger partial charge in [-0.05, 0) is 49.7 Å². The first-order valence-electron chi connectivity index (χ1n) is 7.31. The van der Waals surface area contributed by atoms with Gasteiger partial charge in [-0.3, -0.25) is 4.40 Å². The monoisotopic (exact) mass is 306 g/mol. The standard InChI is InChI=1S/C14H18N4O2S/c15-13-14(18-8-2-1-3-11(18)16-13)21(19,20)17-12(9-4-5-9)10-6-7-10/h1-3,8-10,12,17H,4-7,15H2. The Labute approximate surface area is 123 Å². The smallest absolute Gasteiger partial charge is 0.260 e. The van der Waals surface area contributed by atoms with E-state index in [-0.39, 0.29) is 16.9 Å². The van der Waals surface area contributed by atoms with Gasteiger partial charge in [0, 0.05) is 12.2 Å². The van der Waals surface area contributed by atoms with Crippen LogP contribution in [0, 0.1) is 11.8 Å². The van der Waals surface area contributed by atoms with Gasteiger partial charge in [-0.25, -0.2) is 18.1 Å². The summed E-state index contributed by atoms with van der Waals surface area (Å²) in [4.78, 5) is 4.13. The molecule has 0 radical (unpaired) electrons. The Morgan fingerprint density at radius 1 is 1.24 bits per heavy atom. The first-order chi connectivity index (χ1) is 10.1. The second-order valence-corrected chi connectivity index (χ2v) is 7.68. The molecule has 0 amide bonds. The number of nitrogens with zero attached hydrogens (tertiary/aromatic N) is 2. The number of imidazole rings is 1. The predicted molar refractivity (Wildman–Crippen MR) is 79.2 cm³/mol. The minimum absolute atomic E-state index is 0.0547. The third-order valence-electron chi connectivity index (χ3n) is 4.32. The maximum Gasteiger partial charge on any atom is 0.260 e. The number of hydrogen-bond acceptors (Lipinski definition) is 4. The second-order valence-electron chi connectivity index (χ2n) is 6.05. The van der Waals surface area contributed by atoms with Crippen LogP contribution < -0.4 is 10.5 Å². The summed E-state index contributed by atoms with van der Waals surface area (Å²) >= 11 is 0. The van der Waals surface area contributed by atoms with Crippen LogP contribution in [0.3, 0.4) is 0 Å². The van der Waals surface area contributed by atoms with E-state index < -0.39 is 10.0 Å². The average molecular weight is 306 g/mol. The molecule has 2 aromatic heterocycles. The van der Waals surface area contributed by atoms with Crippen molar-refractivity contribution in [3.63, 3.8) is 0 Å². The maximum absolute atomic E-state index is 12.8. The summed E-state index contributed by atoms with van der Waals surface area (Å²) < 4.78 is 29.9. The Morgan fingerprint density at radius 2 is 1.90 bits per heavy atom. The third-order valence-corrected chi connectivity index (χ3v) is 5.81. The number of nitrogens with one attached hydrogen (secondary N) is 1. The number of nitrogens with two attached hydrogens (primary N) is 1. The molecule has 3 N–H and O–H groups in total. The topological polar surface area (TPSA) is 89.5 Å². The molecule has 2 aliphatic carbocycles. The second kappa shape index (κ2) is 4.45. The molecule has 0 bridgehead atoms. The van der Waals surface area contributed by atoms with E-state index >= 15 is 0 Å². The summed E-state index contributed by atoms with van der Waals surface area (Å²) in [7, 11) is -3.66. The van der Waals surface area contributed by atoms with Crippen LogP contribution in [0.2, 0.25) is 0 Å². The molecule has 0 aliphatic heterocycles. The number of fused-ring (bicyclic) bond motifs is 1. The van der Waals surface area contributed by atoms with E-state index in [4.69, 9.17) is 5.73 Å². The number of anilines is 1. The Bertz CT molecular complexity index is 778. The largest absolute Gasteiger partial charge is 0.381 e. The summed E-state index contributed by atoms with van der Waals surface area (Å²) in [6.45, 7) is 0. The van der Waals surface area contributed by atoms with E-state index in [1.165, 1.54) is 4.40 Å². The SMILES string of the molecule is Nc1nc2ccccn2c1S(=O)(=O)NC(C1CC1)C1CC1.